The molecule has 0 aromatic heterocycles. The minimum atomic E-state index is -1.04. The molecule has 0 radical (unpaired) electrons. The van der Waals surface area contributed by atoms with Gasteiger partial charge in [-0.2, -0.15) is 5.26 Å². The fourth-order valence-electron chi connectivity index (χ4n) is 3.96. The molecule has 0 saturated carbocycles. The van der Waals surface area contributed by atoms with Crippen molar-refractivity contribution in [3.05, 3.63) is 101 Å². The second-order valence-corrected chi connectivity index (χ2v) is 8.98. The Labute approximate surface area is 218 Å². The molecule has 0 aliphatic rings. The van der Waals surface area contributed by atoms with Crippen molar-refractivity contribution >= 4 is 11.8 Å². The lowest BCUT2D eigenvalue weighted by Crippen LogP contribution is -2.19. The number of hydrogen-bond acceptors (Lipinski definition) is 4. The van der Waals surface area contributed by atoms with Gasteiger partial charge < -0.3 is 9.84 Å². The summed E-state index contributed by atoms with van der Waals surface area (Å²) in [6, 6.07) is 25.2. The summed E-state index contributed by atoms with van der Waals surface area (Å²) < 4.78 is 5.17. The predicted octanol–water partition coefficient (Wildman–Crippen LogP) is 5.78. The first-order valence-electron chi connectivity index (χ1n) is 12.5. The molecule has 1 atom stereocenters. The average Bonchev–Trinajstić information content (AvgIpc) is 2.91. The van der Waals surface area contributed by atoms with Gasteiger partial charge in [-0.15, -0.1) is 0 Å². The lowest BCUT2D eigenvalue weighted by molar-refractivity contribution is -0.139. The summed E-state index contributed by atoms with van der Waals surface area (Å²) in [6.45, 7) is 1.78. The molecule has 3 rings (SSSR count). The molecule has 1 unspecified atom stereocenters. The highest BCUT2D eigenvalue weighted by molar-refractivity contribution is 5.83. The van der Waals surface area contributed by atoms with E-state index in [1.54, 1.807) is 12.1 Å². The number of carboxylic acid groups (broad SMARTS) is 1. The van der Waals surface area contributed by atoms with Gasteiger partial charge in [0.25, 0.3) is 0 Å². The molecular weight excluding hydrogens is 462 g/mol. The average molecular weight is 494 g/mol. The van der Waals surface area contributed by atoms with Crippen LogP contribution in [0.25, 0.3) is 0 Å². The van der Waals surface area contributed by atoms with Crippen molar-refractivity contribution in [2.45, 2.75) is 45.4 Å². The number of aryl methyl sites for hydroxylation is 1. The Morgan fingerprint density at radius 2 is 1.35 bits per heavy atom. The number of ketones is 1. The molecule has 0 aliphatic heterocycles. The summed E-state index contributed by atoms with van der Waals surface area (Å²) in [4.78, 5) is 23.3. The summed E-state index contributed by atoms with van der Waals surface area (Å²) in [5, 5.41) is 17.8. The van der Waals surface area contributed by atoms with E-state index in [2.05, 4.69) is 43.0 Å². The highest BCUT2D eigenvalue weighted by Crippen LogP contribution is 2.20. The third kappa shape index (κ3) is 9.32. The van der Waals surface area contributed by atoms with Gasteiger partial charge in [0.05, 0.1) is 12.5 Å². The van der Waals surface area contributed by atoms with E-state index in [4.69, 9.17) is 15.1 Å². The standard InChI is InChI=1S/C32H31NO4/c1-2-3-4-24-5-7-25(8-6-24)9-10-26-11-13-27(14-12-26)21-29(31(34)19-20-33)22-28-15-17-30(18-16-28)37-23-32(35)36/h5-8,11-18,29H,2-4,19,21-23H2,1H3,(H,35,36). The van der Waals surface area contributed by atoms with E-state index in [-0.39, 0.29) is 18.1 Å². The maximum absolute atomic E-state index is 12.7. The molecule has 5 nitrogen and oxygen atoms in total. The normalized spacial score (nSPS) is 11.0. The molecule has 0 bridgehead atoms. The predicted molar refractivity (Wildman–Crippen MR) is 143 cm³/mol. The van der Waals surface area contributed by atoms with Crippen LogP contribution in [0.15, 0.2) is 72.8 Å². The monoisotopic (exact) mass is 493 g/mol. The second-order valence-electron chi connectivity index (χ2n) is 8.98. The largest absolute Gasteiger partial charge is 0.482 e. The number of carboxylic acids is 1. The van der Waals surface area contributed by atoms with Gasteiger partial charge in [0.1, 0.15) is 5.75 Å². The Hall–Kier alpha value is -4.35. The summed E-state index contributed by atoms with van der Waals surface area (Å²) in [6.07, 6.45) is 4.33. The summed E-state index contributed by atoms with van der Waals surface area (Å²) >= 11 is 0. The highest BCUT2D eigenvalue weighted by atomic mass is 16.5. The van der Waals surface area contributed by atoms with Crippen LogP contribution in [0.1, 0.15) is 54.0 Å². The van der Waals surface area contributed by atoms with E-state index in [1.807, 2.05) is 42.5 Å². The minimum Gasteiger partial charge on any atom is -0.482 e. The SMILES string of the molecule is CCCCc1ccc(C#Cc2ccc(CC(Cc3ccc(OCC(=O)O)cc3)C(=O)CC#N)cc2)cc1. The number of aliphatic carboxylic acids is 1. The van der Waals surface area contributed by atoms with E-state index in [0.717, 1.165) is 28.7 Å². The number of nitriles is 1. The van der Waals surface area contributed by atoms with Crippen LogP contribution in [0, 0.1) is 29.1 Å². The molecular formula is C32H31NO4. The number of unbranched alkanes of at least 4 members (excludes halogenated alkanes) is 1. The molecule has 0 spiro atoms. The zero-order valence-electron chi connectivity index (χ0n) is 21.1. The highest BCUT2D eigenvalue weighted by Gasteiger charge is 2.19. The fourth-order valence-corrected chi connectivity index (χ4v) is 3.96. The van der Waals surface area contributed by atoms with Crippen LogP contribution in [0.4, 0.5) is 0 Å². The Kier molecular flexibility index (Phi) is 10.5. The smallest absolute Gasteiger partial charge is 0.341 e. The first-order chi connectivity index (χ1) is 18.0. The molecule has 37 heavy (non-hydrogen) atoms. The van der Waals surface area contributed by atoms with Crippen molar-refractivity contribution in [2.24, 2.45) is 5.92 Å². The third-order valence-electron chi connectivity index (χ3n) is 6.04. The van der Waals surface area contributed by atoms with Crippen molar-refractivity contribution in [3.8, 4) is 23.7 Å². The van der Waals surface area contributed by atoms with Crippen LogP contribution in [0.2, 0.25) is 0 Å². The Morgan fingerprint density at radius 1 is 0.838 bits per heavy atom. The van der Waals surface area contributed by atoms with Crippen LogP contribution in [-0.4, -0.2) is 23.5 Å². The summed E-state index contributed by atoms with van der Waals surface area (Å²) in [7, 11) is 0. The van der Waals surface area contributed by atoms with Crippen molar-refractivity contribution in [1.82, 2.24) is 0 Å². The van der Waals surface area contributed by atoms with Crippen molar-refractivity contribution < 1.29 is 19.4 Å². The number of benzene rings is 3. The Morgan fingerprint density at radius 3 is 1.84 bits per heavy atom. The van der Waals surface area contributed by atoms with Crippen LogP contribution in [0.5, 0.6) is 5.75 Å². The molecule has 5 heteroatoms. The molecule has 188 valence electrons. The third-order valence-corrected chi connectivity index (χ3v) is 6.04. The van der Waals surface area contributed by atoms with Crippen LogP contribution >= 0.6 is 0 Å². The van der Waals surface area contributed by atoms with E-state index in [9.17, 15) is 9.59 Å². The minimum absolute atomic E-state index is 0.0973. The zero-order chi connectivity index (χ0) is 26.5. The quantitative estimate of drug-likeness (QED) is 0.323. The van der Waals surface area contributed by atoms with Crippen molar-refractivity contribution in [1.29, 1.82) is 5.26 Å². The first-order valence-corrected chi connectivity index (χ1v) is 12.5. The van der Waals surface area contributed by atoms with Crippen LogP contribution < -0.4 is 4.74 Å². The van der Waals surface area contributed by atoms with Gasteiger partial charge in [0.2, 0.25) is 0 Å². The summed E-state index contributed by atoms with van der Waals surface area (Å²) in [5.74, 6) is 5.39. The van der Waals surface area contributed by atoms with Gasteiger partial charge >= 0.3 is 5.97 Å². The lowest BCUT2D eigenvalue weighted by atomic mass is 9.88. The molecule has 0 amide bonds. The maximum atomic E-state index is 12.7. The number of ether oxygens (including phenoxy) is 1. The van der Waals surface area contributed by atoms with E-state index >= 15 is 0 Å². The molecule has 0 aliphatic carbocycles. The van der Waals surface area contributed by atoms with Crippen molar-refractivity contribution in [3.63, 3.8) is 0 Å². The van der Waals surface area contributed by atoms with Crippen molar-refractivity contribution in [2.75, 3.05) is 6.61 Å². The molecule has 0 saturated heterocycles. The molecule has 0 heterocycles. The molecule has 3 aromatic carbocycles. The van der Waals surface area contributed by atoms with E-state index in [0.29, 0.717) is 18.6 Å². The van der Waals surface area contributed by atoms with Gasteiger partial charge in [-0.05, 0) is 78.8 Å². The Bertz CT molecular complexity index is 1270. The van der Waals surface area contributed by atoms with Crippen LogP contribution in [0.3, 0.4) is 0 Å². The van der Waals surface area contributed by atoms with E-state index in [1.165, 1.54) is 18.4 Å². The zero-order valence-corrected chi connectivity index (χ0v) is 21.1. The number of carbonyl (C=O) groups is 2. The molecule has 3 aromatic rings. The van der Waals surface area contributed by atoms with E-state index < -0.39 is 12.6 Å². The molecule has 1 N–H and O–H groups in total. The fraction of sp³-hybridized carbons (Fsp3) is 0.281. The number of nitrogens with zero attached hydrogens (tertiary/aromatic N) is 1. The summed E-state index contributed by atoms with van der Waals surface area (Å²) in [5.41, 5.74) is 5.13. The number of hydrogen-bond donors (Lipinski definition) is 1. The number of carbonyl (C=O) groups excluding carboxylic acids is 1. The van der Waals surface area contributed by atoms with Gasteiger partial charge in [0, 0.05) is 17.0 Å². The van der Waals surface area contributed by atoms with Crippen LogP contribution in [-0.2, 0) is 28.9 Å². The Balaban J connectivity index is 1.64. The van der Waals surface area contributed by atoms with Gasteiger partial charge in [-0.1, -0.05) is 61.6 Å². The number of Topliss-reactive ketones (excluding diaryl/α,β-unsaturated/α-hetero) is 1. The lowest BCUT2D eigenvalue weighted by Gasteiger charge is -2.15. The topological polar surface area (TPSA) is 87.4 Å². The first kappa shape index (κ1) is 27.2. The van der Waals surface area contributed by atoms with Gasteiger partial charge in [-0.3, -0.25) is 4.79 Å². The van der Waals surface area contributed by atoms with Gasteiger partial charge in [0.15, 0.2) is 12.4 Å². The van der Waals surface area contributed by atoms with Gasteiger partial charge in [-0.25, -0.2) is 4.79 Å². The number of rotatable bonds is 12. The second kappa shape index (κ2) is 14.3. The molecule has 0 fully saturated rings. The maximum Gasteiger partial charge on any atom is 0.341 e.